The summed E-state index contributed by atoms with van der Waals surface area (Å²) in [5.41, 5.74) is 14.9. The monoisotopic (exact) mass is 717 g/mol. The number of aromatic nitrogens is 1. The van der Waals surface area contributed by atoms with Crippen molar-refractivity contribution < 1.29 is 4.42 Å². The zero-order chi connectivity index (χ0) is 37.0. The average molecular weight is 718 g/mol. The number of fused-ring (bicyclic) bond motifs is 6. The van der Waals surface area contributed by atoms with Crippen LogP contribution in [0.25, 0.3) is 77.4 Å². The van der Waals surface area contributed by atoms with Crippen LogP contribution >= 0.6 is 0 Å². The van der Waals surface area contributed by atoms with Crippen molar-refractivity contribution in [3.8, 4) is 27.9 Å². The lowest BCUT2D eigenvalue weighted by Gasteiger charge is -2.25. The van der Waals surface area contributed by atoms with Gasteiger partial charge >= 0.3 is 0 Å². The predicted molar refractivity (Wildman–Crippen MR) is 232 cm³/mol. The summed E-state index contributed by atoms with van der Waals surface area (Å²) in [5.74, 6) is 0. The second-order valence-corrected chi connectivity index (χ2v) is 14.4. The van der Waals surface area contributed by atoms with Crippen LogP contribution in [0.2, 0.25) is 0 Å². The van der Waals surface area contributed by atoms with Gasteiger partial charge in [-0.2, -0.15) is 0 Å². The summed E-state index contributed by atoms with van der Waals surface area (Å²) in [7, 11) is 0. The number of hydrogen-bond donors (Lipinski definition) is 1. The van der Waals surface area contributed by atoms with E-state index in [2.05, 4.69) is 198 Å². The fraction of sp³-hybridized carbons (Fsp3) is 0.0192. The maximum absolute atomic E-state index is 6.68. The maximum atomic E-state index is 6.68. The van der Waals surface area contributed by atoms with E-state index in [9.17, 15) is 0 Å². The molecule has 0 fully saturated rings. The summed E-state index contributed by atoms with van der Waals surface area (Å²) in [4.78, 5) is 5.32. The van der Waals surface area contributed by atoms with Crippen molar-refractivity contribution in [1.82, 2.24) is 9.88 Å². The van der Waals surface area contributed by atoms with Crippen LogP contribution in [0, 0.1) is 0 Å². The van der Waals surface area contributed by atoms with Crippen LogP contribution in [0.3, 0.4) is 0 Å². The highest BCUT2D eigenvalue weighted by Crippen LogP contribution is 2.41. The lowest BCUT2D eigenvalue weighted by Crippen LogP contribution is -2.24. The third kappa shape index (κ3) is 5.42. The molecule has 1 aliphatic rings. The molecule has 264 valence electrons. The normalized spacial score (nSPS) is 14.2. The van der Waals surface area contributed by atoms with Crippen molar-refractivity contribution in [1.29, 1.82) is 0 Å². The molecule has 0 spiro atoms. The molecule has 0 radical (unpaired) electrons. The number of nitrogens with zero attached hydrogens (tertiary/aromatic N) is 2. The predicted octanol–water partition coefficient (Wildman–Crippen LogP) is 13.1. The Morgan fingerprint density at radius 1 is 0.464 bits per heavy atom. The number of benzene rings is 8. The van der Waals surface area contributed by atoms with E-state index in [1.54, 1.807) is 0 Å². The topological polar surface area (TPSA) is 42.5 Å². The molecule has 4 nitrogen and oxygen atoms in total. The van der Waals surface area contributed by atoms with Crippen LogP contribution in [0.1, 0.15) is 22.9 Å². The lowest BCUT2D eigenvalue weighted by molar-refractivity contribution is 0.664. The van der Waals surface area contributed by atoms with E-state index >= 15 is 0 Å². The molecular formula is C52H35N3O. The number of rotatable bonds is 6. The van der Waals surface area contributed by atoms with Crippen molar-refractivity contribution in [2.75, 3.05) is 0 Å². The lowest BCUT2D eigenvalue weighted by atomic mass is 9.97. The Morgan fingerprint density at radius 2 is 1.12 bits per heavy atom. The molecule has 1 N–H and O–H groups in total. The van der Waals surface area contributed by atoms with E-state index < -0.39 is 0 Å². The minimum atomic E-state index is -0.223. The van der Waals surface area contributed by atoms with Gasteiger partial charge in [0, 0.05) is 44.1 Å². The standard InChI is InChI=1S/C52H35N3O/c1-4-15-34(16-5-1)37-21-14-22-38(29-37)44-31-40(32-45-43-24-11-13-26-50(43)56-51(44)45)55-48-25-12-10-23-41(48)42-28-27-39(30-49(42)55)47-33-46(35-17-6-2-7-18-35)53-52(54-47)36-19-8-3-9-20-36/h1-33,52-53H. The fourth-order valence-electron chi connectivity index (χ4n) is 8.33. The number of nitrogens with one attached hydrogen (secondary N) is 1. The van der Waals surface area contributed by atoms with E-state index in [1.165, 1.54) is 21.9 Å². The van der Waals surface area contributed by atoms with Crippen LogP contribution in [-0.4, -0.2) is 10.3 Å². The molecule has 3 heterocycles. The van der Waals surface area contributed by atoms with Gasteiger partial charge in [0.1, 0.15) is 17.3 Å². The quantitative estimate of drug-likeness (QED) is 0.186. The van der Waals surface area contributed by atoms with E-state index in [4.69, 9.17) is 9.41 Å². The minimum Gasteiger partial charge on any atom is -0.455 e. The third-order valence-corrected chi connectivity index (χ3v) is 11.0. The summed E-state index contributed by atoms with van der Waals surface area (Å²) < 4.78 is 9.10. The van der Waals surface area contributed by atoms with Gasteiger partial charge in [0.15, 0.2) is 0 Å². The highest BCUT2D eigenvalue weighted by molar-refractivity contribution is 6.17. The first-order chi connectivity index (χ1) is 27.7. The molecular weight excluding hydrogens is 683 g/mol. The number of hydrogen-bond acceptors (Lipinski definition) is 3. The number of allylic oxidation sites excluding steroid dienone is 1. The van der Waals surface area contributed by atoms with Gasteiger partial charge in [0.05, 0.1) is 16.7 Å². The maximum Gasteiger partial charge on any atom is 0.145 e. The Kier molecular flexibility index (Phi) is 7.52. The molecule has 0 bridgehead atoms. The molecule has 0 saturated heterocycles. The third-order valence-electron chi connectivity index (χ3n) is 11.0. The first kappa shape index (κ1) is 32.0. The van der Waals surface area contributed by atoms with Gasteiger partial charge < -0.3 is 14.3 Å². The van der Waals surface area contributed by atoms with Crippen LogP contribution in [0.5, 0.6) is 0 Å². The van der Waals surface area contributed by atoms with Crippen molar-refractivity contribution >= 4 is 55.2 Å². The SMILES string of the molecule is C1=C(c2ccccc2)NC(c2ccccc2)N=C1c1ccc2c3ccccc3n(-c3cc(-c4cccc(-c5ccccc5)c4)c4oc5ccccc5c4c3)c2c1. The first-order valence-electron chi connectivity index (χ1n) is 19.1. The molecule has 4 heteroatoms. The Bertz CT molecular complexity index is 3150. The minimum absolute atomic E-state index is 0.223. The molecule has 11 rings (SSSR count). The largest absolute Gasteiger partial charge is 0.455 e. The Hall–Kier alpha value is -7.43. The summed E-state index contributed by atoms with van der Waals surface area (Å²) in [6.07, 6.45) is 1.96. The van der Waals surface area contributed by atoms with E-state index in [1.807, 2.05) is 12.1 Å². The fourth-order valence-corrected chi connectivity index (χ4v) is 8.33. The number of furan rings is 1. The number of aliphatic imine (C=N–C) groups is 1. The smallest absolute Gasteiger partial charge is 0.145 e. The highest BCUT2D eigenvalue weighted by atomic mass is 16.3. The zero-order valence-corrected chi connectivity index (χ0v) is 30.4. The van der Waals surface area contributed by atoms with Gasteiger partial charge in [0.25, 0.3) is 0 Å². The van der Waals surface area contributed by atoms with Crippen molar-refractivity contribution in [3.63, 3.8) is 0 Å². The molecule has 0 amide bonds. The zero-order valence-electron chi connectivity index (χ0n) is 30.4. The molecule has 0 aliphatic carbocycles. The second kappa shape index (κ2) is 13.2. The molecule has 1 aliphatic heterocycles. The molecule has 2 aromatic heterocycles. The Morgan fingerprint density at radius 3 is 1.95 bits per heavy atom. The summed E-state index contributed by atoms with van der Waals surface area (Å²) in [6, 6.07) is 68.8. The Labute approximate surface area is 324 Å². The van der Waals surface area contributed by atoms with Crippen LogP contribution in [-0.2, 0) is 0 Å². The molecule has 8 aromatic carbocycles. The molecule has 10 aromatic rings. The summed E-state index contributed by atoms with van der Waals surface area (Å²) in [5, 5.41) is 8.28. The number of para-hydroxylation sites is 2. The van der Waals surface area contributed by atoms with E-state index in [0.29, 0.717) is 0 Å². The van der Waals surface area contributed by atoms with Gasteiger partial charge in [0.2, 0.25) is 0 Å². The van der Waals surface area contributed by atoms with Gasteiger partial charge in [-0.05, 0) is 70.3 Å². The summed E-state index contributed by atoms with van der Waals surface area (Å²) in [6.45, 7) is 0. The molecule has 1 atom stereocenters. The van der Waals surface area contributed by atoms with Gasteiger partial charge in [-0.15, -0.1) is 0 Å². The summed E-state index contributed by atoms with van der Waals surface area (Å²) >= 11 is 0. The molecule has 56 heavy (non-hydrogen) atoms. The van der Waals surface area contributed by atoms with Crippen molar-refractivity contribution in [3.05, 3.63) is 217 Å². The molecule has 1 unspecified atom stereocenters. The van der Waals surface area contributed by atoms with Crippen LogP contribution in [0.4, 0.5) is 0 Å². The van der Waals surface area contributed by atoms with Crippen LogP contribution < -0.4 is 5.32 Å². The average Bonchev–Trinajstić information content (AvgIpc) is 3.82. The Balaban J connectivity index is 1.15. The van der Waals surface area contributed by atoms with Gasteiger partial charge in [-0.1, -0.05) is 158 Å². The molecule has 0 saturated carbocycles. The van der Waals surface area contributed by atoms with E-state index in [-0.39, 0.29) is 6.17 Å². The van der Waals surface area contributed by atoms with Crippen molar-refractivity contribution in [2.45, 2.75) is 6.17 Å². The first-order valence-corrected chi connectivity index (χ1v) is 19.1. The second-order valence-electron chi connectivity index (χ2n) is 14.4. The van der Waals surface area contributed by atoms with Crippen molar-refractivity contribution in [2.24, 2.45) is 4.99 Å². The van der Waals surface area contributed by atoms with Gasteiger partial charge in [-0.25, -0.2) is 0 Å². The van der Waals surface area contributed by atoms with E-state index in [0.717, 1.165) is 77.9 Å². The van der Waals surface area contributed by atoms with Crippen LogP contribution in [0.15, 0.2) is 210 Å². The van der Waals surface area contributed by atoms with Gasteiger partial charge in [-0.3, -0.25) is 4.99 Å². The highest BCUT2D eigenvalue weighted by Gasteiger charge is 2.22.